The van der Waals surface area contributed by atoms with E-state index in [1.165, 1.54) is 4.90 Å². The average molecular weight is 435 g/mol. The van der Waals surface area contributed by atoms with Crippen molar-refractivity contribution in [3.8, 4) is 5.75 Å². The topological polar surface area (TPSA) is 79.7 Å². The summed E-state index contributed by atoms with van der Waals surface area (Å²) in [5.74, 6) is -1.13. The van der Waals surface area contributed by atoms with Gasteiger partial charge in [0.05, 0.1) is 18.7 Å². The van der Waals surface area contributed by atoms with E-state index in [1.807, 2.05) is 6.92 Å². The zero-order chi connectivity index (χ0) is 22.1. The van der Waals surface area contributed by atoms with E-state index < -0.39 is 17.7 Å². The van der Waals surface area contributed by atoms with Gasteiger partial charge in [0.25, 0.3) is 11.7 Å². The molecule has 0 saturated carbocycles. The number of hydrogen-bond donors (Lipinski definition) is 1. The lowest BCUT2D eigenvalue weighted by atomic mass is 9.95. The molecule has 2 aromatic carbocycles. The van der Waals surface area contributed by atoms with Crippen LogP contribution in [-0.4, -0.2) is 28.9 Å². The second kappa shape index (κ2) is 8.24. The maximum atomic E-state index is 13.1. The Morgan fingerprint density at radius 3 is 2.58 bits per heavy atom. The molecular formula is C24H19ClN2O4. The van der Waals surface area contributed by atoms with Crippen LogP contribution < -0.4 is 9.64 Å². The molecule has 7 heteroatoms. The highest BCUT2D eigenvalue weighted by Gasteiger charge is 2.47. The first-order valence-corrected chi connectivity index (χ1v) is 9.91. The van der Waals surface area contributed by atoms with Gasteiger partial charge in [-0.3, -0.25) is 19.5 Å². The number of hydrogen-bond acceptors (Lipinski definition) is 5. The first kappa shape index (κ1) is 20.6. The number of amides is 1. The summed E-state index contributed by atoms with van der Waals surface area (Å²) in [6.45, 7) is 1.83. The molecule has 2 heterocycles. The van der Waals surface area contributed by atoms with Gasteiger partial charge in [-0.25, -0.2) is 0 Å². The minimum atomic E-state index is -0.852. The minimum absolute atomic E-state index is 0.0115. The molecule has 0 radical (unpaired) electrons. The monoisotopic (exact) mass is 434 g/mol. The first-order valence-electron chi connectivity index (χ1n) is 9.54. The van der Waals surface area contributed by atoms with Crippen LogP contribution in [0.5, 0.6) is 5.75 Å². The first-order chi connectivity index (χ1) is 14.9. The predicted molar refractivity (Wildman–Crippen MR) is 118 cm³/mol. The summed E-state index contributed by atoms with van der Waals surface area (Å²) in [6.07, 6.45) is 3.17. The van der Waals surface area contributed by atoms with Crippen LogP contribution in [0, 0.1) is 6.92 Å². The Hall–Kier alpha value is -3.64. The van der Waals surface area contributed by atoms with Crippen LogP contribution in [0.15, 0.2) is 72.6 Å². The molecule has 1 atom stereocenters. The number of methoxy groups -OCH3 is 1. The highest BCUT2D eigenvalue weighted by Crippen LogP contribution is 2.42. The summed E-state index contributed by atoms with van der Waals surface area (Å²) in [7, 11) is 1.56. The predicted octanol–water partition coefficient (Wildman–Crippen LogP) is 4.68. The number of halogens is 1. The SMILES string of the molecule is COc1ccc(/C(O)=C2\C(=O)C(=O)N(c3cccc(Cl)c3)C2c2cccnc2)cc1C. The minimum Gasteiger partial charge on any atom is -0.507 e. The molecular weight excluding hydrogens is 416 g/mol. The van der Waals surface area contributed by atoms with Gasteiger partial charge >= 0.3 is 0 Å². The van der Waals surface area contributed by atoms with E-state index in [0.717, 1.165) is 5.56 Å². The Balaban J connectivity index is 1.93. The molecule has 4 rings (SSSR count). The zero-order valence-electron chi connectivity index (χ0n) is 16.9. The maximum absolute atomic E-state index is 13.1. The van der Waals surface area contributed by atoms with E-state index in [-0.39, 0.29) is 11.3 Å². The van der Waals surface area contributed by atoms with E-state index >= 15 is 0 Å². The molecule has 1 saturated heterocycles. The summed E-state index contributed by atoms with van der Waals surface area (Å²) in [5.41, 5.74) is 2.23. The lowest BCUT2D eigenvalue weighted by molar-refractivity contribution is -0.132. The molecule has 156 valence electrons. The van der Waals surface area contributed by atoms with Crippen LogP contribution in [0.2, 0.25) is 5.02 Å². The number of Topliss-reactive ketones (excluding diaryl/α,β-unsaturated/α-hetero) is 1. The summed E-state index contributed by atoms with van der Waals surface area (Å²) in [6, 6.07) is 14.4. The van der Waals surface area contributed by atoms with Gasteiger partial charge in [0, 0.05) is 28.7 Å². The van der Waals surface area contributed by atoms with E-state index in [9.17, 15) is 14.7 Å². The number of aromatic nitrogens is 1. The third-order valence-corrected chi connectivity index (χ3v) is 5.43. The van der Waals surface area contributed by atoms with Crippen molar-refractivity contribution in [2.75, 3.05) is 12.0 Å². The highest BCUT2D eigenvalue weighted by molar-refractivity contribution is 6.51. The Morgan fingerprint density at radius 2 is 1.94 bits per heavy atom. The number of carbonyl (C=O) groups is 2. The second-order valence-electron chi connectivity index (χ2n) is 7.12. The van der Waals surface area contributed by atoms with Crippen molar-refractivity contribution in [2.45, 2.75) is 13.0 Å². The summed E-state index contributed by atoms with van der Waals surface area (Å²) < 4.78 is 5.27. The van der Waals surface area contributed by atoms with Crippen LogP contribution in [-0.2, 0) is 9.59 Å². The van der Waals surface area contributed by atoms with Crippen molar-refractivity contribution >= 4 is 34.7 Å². The Bertz CT molecular complexity index is 1210. The van der Waals surface area contributed by atoms with Crippen molar-refractivity contribution in [1.82, 2.24) is 4.98 Å². The number of pyridine rings is 1. The van der Waals surface area contributed by atoms with E-state index in [1.54, 1.807) is 74.1 Å². The van der Waals surface area contributed by atoms with Crippen molar-refractivity contribution in [1.29, 1.82) is 0 Å². The number of ketones is 1. The van der Waals surface area contributed by atoms with Crippen molar-refractivity contribution in [3.63, 3.8) is 0 Å². The standard InChI is InChI=1S/C24H19ClN2O4/c1-14-11-15(8-9-19(14)31-2)22(28)20-21(16-5-4-10-26-13-16)27(24(30)23(20)29)18-7-3-6-17(25)12-18/h3-13,21,28H,1-2H3/b22-20+. The largest absolute Gasteiger partial charge is 0.507 e. The van der Waals surface area contributed by atoms with Gasteiger partial charge < -0.3 is 9.84 Å². The number of aliphatic hydroxyl groups excluding tert-OH is 1. The fraction of sp³-hybridized carbons (Fsp3) is 0.125. The molecule has 0 spiro atoms. The normalized spacial score (nSPS) is 17.8. The van der Waals surface area contributed by atoms with Gasteiger partial charge in [0.1, 0.15) is 11.5 Å². The van der Waals surface area contributed by atoms with Crippen LogP contribution in [0.25, 0.3) is 5.76 Å². The molecule has 3 aromatic rings. The lowest BCUT2D eigenvalue weighted by Gasteiger charge is -2.25. The van der Waals surface area contributed by atoms with Crippen molar-refractivity contribution in [3.05, 3.63) is 94.3 Å². The Kier molecular flexibility index (Phi) is 5.48. The number of aliphatic hydroxyl groups is 1. The second-order valence-corrected chi connectivity index (χ2v) is 7.56. The molecule has 0 aliphatic carbocycles. The van der Waals surface area contributed by atoms with Crippen LogP contribution in [0.1, 0.15) is 22.7 Å². The van der Waals surface area contributed by atoms with Crippen molar-refractivity contribution in [2.24, 2.45) is 0 Å². The molecule has 1 unspecified atom stereocenters. The number of ether oxygens (including phenoxy) is 1. The lowest BCUT2D eigenvalue weighted by Crippen LogP contribution is -2.29. The van der Waals surface area contributed by atoms with E-state index in [2.05, 4.69) is 4.98 Å². The number of nitrogens with zero attached hydrogens (tertiary/aromatic N) is 2. The molecule has 1 N–H and O–H groups in total. The van der Waals surface area contributed by atoms with Gasteiger partial charge in [-0.05, 0) is 60.5 Å². The van der Waals surface area contributed by atoms with Crippen LogP contribution >= 0.6 is 11.6 Å². The smallest absolute Gasteiger partial charge is 0.300 e. The van der Waals surface area contributed by atoms with Gasteiger partial charge in [0.2, 0.25) is 0 Å². The molecule has 31 heavy (non-hydrogen) atoms. The quantitative estimate of drug-likeness (QED) is 0.366. The zero-order valence-corrected chi connectivity index (χ0v) is 17.6. The summed E-state index contributed by atoms with van der Waals surface area (Å²) >= 11 is 6.13. The van der Waals surface area contributed by atoms with E-state index in [4.69, 9.17) is 16.3 Å². The molecule has 1 aromatic heterocycles. The number of anilines is 1. The van der Waals surface area contributed by atoms with Crippen LogP contribution in [0.3, 0.4) is 0 Å². The third-order valence-electron chi connectivity index (χ3n) is 5.20. The summed E-state index contributed by atoms with van der Waals surface area (Å²) in [4.78, 5) is 31.6. The van der Waals surface area contributed by atoms with Crippen molar-refractivity contribution < 1.29 is 19.4 Å². The van der Waals surface area contributed by atoms with E-state index in [0.29, 0.717) is 27.6 Å². The number of rotatable bonds is 4. The third kappa shape index (κ3) is 3.66. The van der Waals surface area contributed by atoms with Gasteiger partial charge in [-0.15, -0.1) is 0 Å². The fourth-order valence-electron chi connectivity index (χ4n) is 3.76. The number of carbonyl (C=O) groups excluding carboxylic acids is 2. The highest BCUT2D eigenvalue weighted by atomic mass is 35.5. The van der Waals surface area contributed by atoms with Crippen LogP contribution in [0.4, 0.5) is 5.69 Å². The fourth-order valence-corrected chi connectivity index (χ4v) is 3.94. The maximum Gasteiger partial charge on any atom is 0.300 e. The Labute approximate surface area is 184 Å². The molecule has 1 amide bonds. The van der Waals surface area contributed by atoms with Gasteiger partial charge in [-0.2, -0.15) is 0 Å². The van der Waals surface area contributed by atoms with Gasteiger partial charge in [0.15, 0.2) is 0 Å². The Morgan fingerprint density at radius 1 is 1.13 bits per heavy atom. The number of benzene rings is 2. The summed E-state index contributed by atoms with van der Waals surface area (Å²) in [5, 5.41) is 11.6. The van der Waals surface area contributed by atoms with Gasteiger partial charge in [-0.1, -0.05) is 23.7 Å². The number of aryl methyl sites for hydroxylation is 1. The molecule has 0 bridgehead atoms. The molecule has 1 aliphatic heterocycles. The molecule has 6 nitrogen and oxygen atoms in total. The average Bonchev–Trinajstić information content (AvgIpc) is 3.04. The molecule has 1 fully saturated rings. The molecule has 1 aliphatic rings.